The molecular weight excluding hydrogens is 294 g/mol. The second-order valence-electron chi connectivity index (χ2n) is 4.05. The standard InChI is InChI=1S/C15H12ClNO4/c1-20-14-7-10(9-18)5-6-13(14)21-15(19)17-12-4-2-3-11(16)8-12/h2-9H,1H3,(H,17,19). The number of hydrogen-bond acceptors (Lipinski definition) is 4. The Labute approximate surface area is 126 Å². The molecule has 0 atom stereocenters. The molecule has 0 bridgehead atoms. The van der Waals surface area contributed by atoms with Crippen LogP contribution < -0.4 is 14.8 Å². The lowest BCUT2D eigenvalue weighted by molar-refractivity contribution is 0.112. The zero-order valence-corrected chi connectivity index (χ0v) is 11.9. The van der Waals surface area contributed by atoms with Crippen molar-refractivity contribution in [2.75, 3.05) is 12.4 Å². The van der Waals surface area contributed by atoms with Crippen molar-refractivity contribution in [3.05, 3.63) is 53.1 Å². The number of ether oxygens (including phenoxy) is 2. The van der Waals surface area contributed by atoms with E-state index < -0.39 is 6.09 Å². The summed E-state index contributed by atoms with van der Waals surface area (Å²) in [5.74, 6) is 0.503. The molecule has 5 nitrogen and oxygen atoms in total. The monoisotopic (exact) mass is 305 g/mol. The number of anilines is 1. The summed E-state index contributed by atoms with van der Waals surface area (Å²) < 4.78 is 10.2. The molecule has 0 saturated heterocycles. The Hall–Kier alpha value is -2.53. The van der Waals surface area contributed by atoms with E-state index in [0.29, 0.717) is 28.3 Å². The third kappa shape index (κ3) is 3.97. The minimum Gasteiger partial charge on any atom is -0.493 e. The number of benzene rings is 2. The molecule has 0 aromatic heterocycles. The Morgan fingerprint density at radius 2 is 2.00 bits per heavy atom. The topological polar surface area (TPSA) is 64.6 Å². The van der Waals surface area contributed by atoms with Crippen molar-refractivity contribution >= 4 is 29.7 Å². The van der Waals surface area contributed by atoms with Crippen molar-refractivity contribution in [3.63, 3.8) is 0 Å². The summed E-state index contributed by atoms with van der Waals surface area (Å²) >= 11 is 5.82. The smallest absolute Gasteiger partial charge is 0.417 e. The number of rotatable bonds is 4. The average Bonchev–Trinajstić information content (AvgIpc) is 2.47. The molecule has 0 unspecified atom stereocenters. The predicted octanol–water partition coefficient (Wildman–Crippen LogP) is 3.77. The van der Waals surface area contributed by atoms with Crippen LogP contribution in [0.1, 0.15) is 10.4 Å². The molecule has 2 rings (SSSR count). The number of hydrogen-bond donors (Lipinski definition) is 1. The van der Waals surface area contributed by atoms with Gasteiger partial charge in [0.05, 0.1) is 7.11 Å². The molecule has 108 valence electrons. The Kier molecular flexibility index (Phi) is 4.79. The third-order valence-corrected chi connectivity index (χ3v) is 2.83. The maximum atomic E-state index is 11.8. The predicted molar refractivity (Wildman–Crippen MR) is 79.5 cm³/mol. The number of carbonyl (C=O) groups excluding carboxylic acids is 2. The van der Waals surface area contributed by atoms with Gasteiger partial charge < -0.3 is 9.47 Å². The summed E-state index contributed by atoms with van der Waals surface area (Å²) in [6.07, 6.45) is -0.00681. The first-order chi connectivity index (χ1) is 10.1. The van der Waals surface area contributed by atoms with Crippen LogP contribution in [0.15, 0.2) is 42.5 Å². The van der Waals surface area contributed by atoms with Gasteiger partial charge >= 0.3 is 6.09 Å². The zero-order chi connectivity index (χ0) is 15.2. The molecule has 0 aliphatic carbocycles. The van der Waals surface area contributed by atoms with Gasteiger partial charge in [-0.1, -0.05) is 17.7 Å². The lowest BCUT2D eigenvalue weighted by atomic mass is 10.2. The maximum Gasteiger partial charge on any atom is 0.417 e. The summed E-state index contributed by atoms with van der Waals surface area (Å²) in [5.41, 5.74) is 0.936. The highest BCUT2D eigenvalue weighted by Gasteiger charge is 2.11. The van der Waals surface area contributed by atoms with E-state index in [9.17, 15) is 9.59 Å². The van der Waals surface area contributed by atoms with E-state index in [1.54, 1.807) is 24.3 Å². The minimum absolute atomic E-state index is 0.211. The molecule has 0 saturated carbocycles. The van der Waals surface area contributed by atoms with Gasteiger partial charge in [-0.05, 0) is 36.4 Å². The normalized spacial score (nSPS) is 9.81. The van der Waals surface area contributed by atoms with Gasteiger partial charge in [-0.3, -0.25) is 10.1 Å². The van der Waals surface area contributed by atoms with Crippen molar-refractivity contribution in [1.29, 1.82) is 0 Å². The van der Waals surface area contributed by atoms with Crippen LogP contribution in [-0.2, 0) is 0 Å². The van der Waals surface area contributed by atoms with Gasteiger partial charge in [0, 0.05) is 16.3 Å². The van der Waals surface area contributed by atoms with Crippen molar-refractivity contribution in [2.24, 2.45) is 0 Å². The number of methoxy groups -OCH3 is 1. The number of amides is 1. The van der Waals surface area contributed by atoms with Gasteiger partial charge in [0.2, 0.25) is 0 Å². The van der Waals surface area contributed by atoms with Gasteiger partial charge in [-0.15, -0.1) is 0 Å². The summed E-state index contributed by atoms with van der Waals surface area (Å²) in [4.78, 5) is 22.5. The van der Waals surface area contributed by atoms with Crippen LogP contribution in [0.25, 0.3) is 0 Å². The molecule has 0 heterocycles. The number of carbonyl (C=O) groups is 2. The van der Waals surface area contributed by atoms with E-state index in [2.05, 4.69) is 5.32 Å². The quantitative estimate of drug-likeness (QED) is 0.873. The fraction of sp³-hybridized carbons (Fsp3) is 0.0667. The SMILES string of the molecule is COc1cc(C=O)ccc1OC(=O)Nc1cccc(Cl)c1. The number of aldehydes is 1. The van der Waals surface area contributed by atoms with Crippen LogP contribution >= 0.6 is 11.6 Å². The fourth-order valence-corrected chi connectivity index (χ4v) is 1.84. The van der Waals surface area contributed by atoms with E-state index >= 15 is 0 Å². The van der Waals surface area contributed by atoms with Crippen molar-refractivity contribution in [2.45, 2.75) is 0 Å². The minimum atomic E-state index is -0.686. The van der Waals surface area contributed by atoms with Crippen LogP contribution in [0.2, 0.25) is 5.02 Å². The zero-order valence-electron chi connectivity index (χ0n) is 11.1. The summed E-state index contributed by atoms with van der Waals surface area (Å²) in [6, 6.07) is 11.2. The highest BCUT2D eigenvalue weighted by atomic mass is 35.5. The Morgan fingerprint density at radius 1 is 1.19 bits per heavy atom. The second kappa shape index (κ2) is 6.76. The first-order valence-electron chi connectivity index (χ1n) is 6.00. The Morgan fingerprint density at radius 3 is 2.67 bits per heavy atom. The summed E-state index contributed by atoms with van der Waals surface area (Å²) in [5, 5.41) is 3.04. The molecular formula is C15H12ClNO4. The van der Waals surface area contributed by atoms with Crippen molar-refractivity contribution in [3.8, 4) is 11.5 Å². The molecule has 2 aromatic rings. The molecule has 2 aromatic carbocycles. The number of nitrogens with one attached hydrogen (secondary N) is 1. The van der Waals surface area contributed by atoms with Gasteiger partial charge in [0.25, 0.3) is 0 Å². The van der Waals surface area contributed by atoms with Crippen LogP contribution in [-0.4, -0.2) is 19.5 Å². The van der Waals surface area contributed by atoms with Crippen molar-refractivity contribution in [1.82, 2.24) is 0 Å². The van der Waals surface area contributed by atoms with Gasteiger partial charge in [-0.25, -0.2) is 4.79 Å². The lowest BCUT2D eigenvalue weighted by Gasteiger charge is -2.10. The molecule has 0 spiro atoms. The summed E-state index contributed by atoms with van der Waals surface area (Å²) in [6.45, 7) is 0. The van der Waals surface area contributed by atoms with Gasteiger partial charge in [0.15, 0.2) is 11.5 Å². The molecule has 0 aliphatic heterocycles. The molecule has 1 N–H and O–H groups in total. The Balaban J connectivity index is 2.10. The molecule has 1 amide bonds. The average molecular weight is 306 g/mol. The summed E-state index contributed by atoms with van der Waals surface area (Å²) in [7, 11) is 1.42. The fourth-order valence-electron chi connectivity index (χ4n) is 1.65. The maximum absolute atomic E-state index is 11.8. The molecule has 0 radical (unpaired) electrons. The van der Waals surface area contributed by atoms with Gasteiger partial charge in [-0.2, -0.15) is 0 Å². The lowest BCUT2D eigenvalue weighted by Crippen LogP contribution is -2.17. The second-order valence-corrected chi connectivity index (χ2v) is 4.49. The van der Waals surface area contributed by atoms with E-state index in [0.717, 1.165) is 0 Å². The van der Waals surface area contributed by atoms with Gasteiger partial charge in [0.1, 0.15) is 6.29 Å². The van der Waals surface area contributed by atoms with E-state index in [4.69, 9.17) is 21.1 Å². The highest BCUT2D eigenvalue weighted by molar-refractivity contribution is 6.30. The highest BCUT2D eigenvalue weighted by Crippen LogP contribution is 2.28. The van der Waals surface area contributed by atoms with Crippen LogP contribution in [0.3, 0.4) is 0 Å². The van der Waals surface area contributed by atoms with E-state index in [1.807, 2.05) is 0 Å². The van der Waals surface area contributed by atoms with Crippen molar-refractivity contribution < 1.29 is 19.1 Å². The molecule has 0 fully saturated rings. The van der Waals surface area contributed by atoms with E-state index in [-0.39, 0.29) is 5.75 Å². The molecule has 21 heavy (non-hydrogen) atoms. The first-order valence-corrected chi connectivity index (χ1v) is 6.38. The van der Waals surface area contributed by atoms with E-state index in [1.165, 1.54) is 25.3 Å². The largest absolute Gasteiger partial charge is 0.493 e. The molecule has 6 heteroatoms. The number of halogens is 1. The van der Waals surface area contributed by atoms with Crippen LogP contribution in [0, 0.1) is 0 Å². The third-order valence-electron chi connectivity index (χ3n) is 2.60. The Bertz CT molecular complexity index is 672. The van der Waals surface area contributed by atoms with Crippen LogP contribution in [0.5, 0.6) is 11.5 Å². The van der Waals surface area contributed by atoms with Crippen LogP contribution in [0.4, 0.5) is 10.5 Å². The first kappa shape index (κ1) is 14.9. The molecule has 0 aliphatic rings.